The average molecular weight is 220 g/mol. The molecule has 0 heterocycles. The number of carbonyl (C=O) groups excluding carboxylic acids is 1. The third-order valence-electron chi connectivity index (χ3n) is 1.75. The number of aromatic hydroxyl groups is 1. The molecular weight excluding hydrogens is 212 g/mol. The zero-order valence-corrected chi connectivity index (χ0v) is 8.10. The second-order valence-electron chi connectivity index (χ2n) is 2.92. The minimum Gasteiger partial charge on any atom is -0.507 e. The van der Waals surface area contributed by atoms with Gasteiger partial charge in [-0.05, 0) is 12.1 Å². The second-order valence-corrected chi connectivity index (χ2v) is 2.92. The molecule has 1 aromatic rings. The van der Waals surface area contributed by atoms with E-state index in [-0.39, 0.29) is 17.7 Å². The Hall–Kier alpha value is -2.55. The Kier molecular flexibility index (Phi) is 3.45. The Morgan fingerprint density at radius 1 is 1.44 bits per heavy atom. The largest absolute Gasteiger partial charge is 0.507 e. The van der Waals surface area contributed by atoms with E-state index in [0.717, 1.165) is 6.07 Å². The molecule has 6 heteroatoms. The summed E-state index contributed by atoms with van der Waals surface area (Å²) >= 11 is 0. The number of anilines is 1. The molecular formula is C10H8N2O4. The molecule has 1 amide bonds. The van der Waals surface area contributed by atoms with E-state index in [1.54, 1.807) is 6.07 Å². The van der Waals surface area contributed by atoms with Crippen LogP contribution in [0, 0.1) is 11.3 Å². The lowest BCUT2D eigenvalue weighted by atomic mass is 10.2. The van der Waals surface area contributed by atoms with Gasteiger partial charge >= 0.3 is 5.97 Å². The minimum absolute atomic E-state index is 0.239. The number of nitriles is 1. The summed E-state index contributed by atoms with van der Waals surface area (Å²) in [6, 6.07) is 5.27. The number of nitrogens with one attached hydrogen (secondary N) is 1. The maximum Gasteiger partial charge on any atom is 0.339 e. The highest BCUT2D eigenvalue weighted by Gasteiger charge is 2.10. The molecule has 0 aliphatic rings. The molecule has 0 aliphatic carbocycles. The van der Waals surface area contributed by atoms with Gasteiger partial charge in [-0.25, -0.2) is 4.79 Å². The van der Waals surface area contributed by atoms with Crippen LogP contribution in [0.4, 0.5) is 5.69 Å². The molecule has 6 nitrogen and oxygen atoms in total. The van der Waals surface area contributed by atoms with Crippen molar-refractivity contribution in [3.05, 3.63) is 23.8 Å². The molecule has 0 fully saturated rings. The van der Waals surface area contributed by atoms with Crippen LogP contribution in [-0.2, 0) is 4.79 Å². The van der Waals surface area contributed by atoms with E-state index in [4.69, 9.17) is 10.4 Å². The first kappa shape index (κ1) is 11.5. The molecule has 1 aromatic carbocycles. The highest BCUT2D eigenvalue weighted by Crippen LogP contribution is 2.21. The molecule has 0 aliphatic heterocycles. The van der Waals surface area contributed by atoms with Gasteiger partial charge in [0.15, 0.2) is 0 Å². The van der Waals surface area contributed by atoms with Gasteiger partial charge in [-0.2, -0.15) is 5.26 Å². The molecule has 0 radical (unpaired) electrons. The summed E-state index contributed by atoms with van der Waals surface area (Å²) in [5.74, 6) is -2.22. The van der Waals surface area contributed by atoms with Crippen LogP contribution in [0.1, 0.15) is 16.8 Å². The van der Waals surface area contributed by atoms with Gasteiger partial charge in [-0.15, -0.1) is 0 Å². The Labute approximate surface area is 90.7 Å². The molecule has 0 atom stereocenters. The Morgan fingerprint density at radius 3 is 2.62 bits per heavy atom. The summed E-state index contributed by atoms with van der Waals surface area (Å²) in [4.78, 5) is 21.6. The number of hydrogen-bond donors (Lipinski definition) is 3. The third-order valence-corrected chi connectivity index (χ3v) is 1.75. The lowest BCUT2D eigenvalue weighted by Crippen LogP contribution is -2.10. The van der Waals surface area contributed by atoms with Crippen LogP contribution in [0.15, 0.2) is 18.2 Å². The van der Waals surface area contributed by atoms with Crippen molar-refractivity contribution in [3.8, 4) is 11.8 Å². The molecule has 0 aromatic heterocycles. The highest BCUT2D eigenvalue weighted by molar-refractivity contribution is 5.95. The van der Waals surface area contributed by atoms with Crippen LogP contribution in [0.5, 0.6) is 5.75 Å². The number of amides is 1. The number of rotatable bonds is 3. The molecule has 0 saturated carbocycles. The van der Waals surface area contributed by atoms with Crippen molar-refractivity contribution in [1.82, 2.24) is 0 Å². The van der Waals surface area contributed by atoms with Crippen LogP contribution in [-0.4, -0.2) is 22.1 Å². The molecule has 1 rings (SSSR count). The lowest BCUT2D eigenvalue weighted by molar-refractivity contribution is -0.115. The standard InChI is InChI=1S/C10H8N2O4/c11-4-3-9(14)12-6-1-2-7(10(15)16)8(13)5-6/h1-2,5,13H,3H2,(H,12,14)(H,15,16). The molecule has 0 bridgehead atoms. The monoisotopic (exact) mass is 220 g/mol. The van der Waals surface area contributed by atoms with Crippen molar-refractivity contribution in [1.29, 1.82) is 5.26 Å². The van der Waals surface area contributed by atoms with Crippen LogP contribution >= 0.6 is 0 Å². The average Bonchev–Trinajstić information content (AvgIpc) is 2.17. The fraction of sp³-hybridized carbons (Fsp3) is 0.100. The van der Waals surface area contributed by atoms with E-state index >= 15 is 0 Å². The van der Waals surface area contributed by atoms with E-state index in [1.807, 2.05) is 0 Å². The Morgan fingerprint density at radius 2 is 2.12 bits per heavy atom. The van der Waals surface area contributed by atoms with Gasteiger partial charge < -0.3 is 15.5 Å². The van der Waals surface area contributed by atoms with Gasteiger partial charge in [-0.3, -0.25) is 4.79 Å². The van der Waals surface area contributed by atoms with Gasteiger partial charge in [-0.1, -0.05) is 0 Å². The predicted octanol–water partition coefficient (Wildman–Crippen LogP) is 0.943. The normalized spacial score (nSPS) is 9.19. The third kappa shape index (κ3) is 2.72. The highest BCUT2D eigenvalue weighted by atomic mass is 16.4. The first-order valence-corrected chi connectivity index (χ1v) is 4.27. The van der Waals surface area contributed by atoms with E-state index in [2.05, 4.69) is 5.32 Å². The number of nitrogens with zero attached hydrogens (tertiary/aromatic N) is 1. The van der Waals surface area contributed by atoms with Crippen LogP contribution in [0.2, 0.25) is 0 Å². The molecule has 0 unspecified atom stereocenters. The van der Waals surface area contributed by atoms with Crippen molar-refractivity contribution in [3.63, 3.8) is 0 Å². The zero-order valence-electron chi connectivity index (χ0n) is 8.10. The fourth-order valence-corrected chi connectivity index (χ4v) is 1.07. The number of carbonyl (C=O) groups is 2. The fourth-order valence-electron chi connectivity index (χ4n) is 1.07. The van der Waals surface area contributed by atoms with Gasteiger partial charge in [0.2, 0.25) is 5.91 Å². The maximum atomic E-state index is 11.0. The summed E-state index contributed by atoms with van der Waals surface area (Å²) in [7, 11) is 0. The van der Waals surface area contributed by atoms with Gasteiger partial charge in [0, 0.05) is 11.8 Å². The van der Waals surface area contributed by atoms with Crippen LogP contribution in [0.3, 0.4) is 0 Å². The van der Waals surface area contributed by atoms with Crippen molar-refractivity contribution in [2.24, 2.45) is 0 Å². The lowest BCUT2D eigenvalue weighted by Gasteiger charge is -2.04. The van der Waals surface area contributed by atoms with E-state index in [9.17, 15) is 14.7 Å². The summed E-state index contributed by atoms with van der Waals surface area (Å²) < 4.78 is 0. The Balaban J connectivity index is 2.86. The van der Waals surface area contributed by atoms with Gasteiger partial charge in [0.1, 0.15) is 17.7 Å². The van der Waals surface area contributed by atoms with Crippen molar-refractivity contribution >= 4 is 17.6 Å². The van der Waals surface area contributed by atoms with Crippen molar-refractivity contribution in [2.45, 2.75) is 6.42 Å². The quantitative estimate of drug-likeness (QED) is 0.702. The van der Waals surface area contributed by atoms with Gasteiger partial charge in [0.25, 0.3) is 0 Å². The smallest absolute Gasteiger partial charge is 0.339 e. The van der Waals surface area contributed by atoms with Gasteiger partial charge in [0.05, 0.1) is 6.07 Å². The Bertz CT molecular complexity index is 476. The molecule has 16 heavy (non-hydrogen) atoms. The SMILES string of the molecule is N#CCC(=O)Nc1ccc(C(=O)O)c(O)c1. The van der Waals surface area contributed by atoms with Crippen molar-refractivity contribution < 1.29 is 19.8 Å². The number of phenols is 1. The number of carboxylic acids is 1. The molecule has 82 valence electrons. The minimum atomic E-state index is -1.26. The van der Waals surface area contributed by atoms with Crippen molar-refractivity contribution in [2.75, 3.05) is 5.32 Å². The summed E-state index contributed by atoms with van der Waals surface area (Å²) in [5, 5.41) is 28.5. The first-order chi connectivity index (χ1) is 7.54. The van der Waals surface area contributed by atoms with E-state index in [0.29, 0.717) is 0 Å². The van der Waals surface area contributed by atoms with E-state index < -0.39 is 17.6 Å². The first-order valence-electron chi connectivity index (χ1n) is 4.27. The van der Waals surface area contributed by atoms with E-state index in [1.165, 1.54) is 12.1 Å². The number of hydrogen-bond acceptors (Lipinski definition) is 4. The topological polar surface area (TPSA) is 110 Å². The number of aromatic carboxylic acids is 1. The summed E-state index contributed by atoms with van der Waals surface area (Å²) in [5.41, 5.74) is -0.0129. The molecule has 0 saturated heterocycles. The van der Waals surface area contributed by atoms with Crippen LogP contribution in [0.25, 0.3) is 0 Å². The zero-order chi connectivity index (χ0) is 12.1. The maximum absolute atomic E-state index is 11.0. The molecule has 0 spiro atoms. The summed E-state index contributed by atoms with van der Waals surface area (Å²) in [6.45, 7) is 0. The van der Waals surface area contributed by atoms with Crippen LogP contribution < -0.4 is 5.32 Å². The second kappa shape index (κ2) is 4.79. The number of carboxylic acid groups (broad SMARTS) is 1. The molecule has 3 N–H and O–H groups in total. The number of benzene rings is 1. The summed E-state index contributed by atoms with van der Waals surface area (Å²) in [6.07, 6.45) is -0.304. The predicted molar refractivity (Wildman–Crippen MR) is 53.9 cm³/mol.